The lowest BCUT2D eigenvalue weighted by atomic mass is 10.2. The van der Waals surface area contributed by atoms with Crippen LogP contribution in [0.1, 0.15) is 11.3 Å². The summed E-state index contributed by atoms with van der Waals surface area (Å²) < 4.78 is 10.2. The number of esters is 1. The van der Waals surface area contributed by atoms with E-state index in [1.165, 1.54) is 11.3 Å². The summed E-state index contributed by atoms with van der Waals surface area (Å²) in [6.45, 7) is 0.0929. The summed E-state index contributed by atoms with van der Waals surface area (Å²) in [7, 11) is 1.62. The molecule has 0 saturated heterocycles. The SMILES string of the molecule is COc1ccc(-c2nc(CC(=O)OCC(=O)NCc3ccccc3)cs2)cc1. The van der Waals surface area contributed by atoms with Crippen LogP contribution in [0.5, 0.6) is 5.75 Å². The average Bonchev–Trinajstić information content (AvgIpc) is 3.20. The van der Waals surface area contributed by atoms with Gasteiger partial charge in [0.05, 0.1) is 19.2 Å². The van der Waals surface area contributed by atoms with Crippen molar-refractivity contribution in [2.24, 2.45) is 0 Å². The number of methoxy groups -OCH3 is 1. The molecule has 6 nitrogen and oxygen atoms in total. The Morgan fingerprint density at radius 3 is 2.54 bits per heavy atom. The number of thiazole rings is 1. The number of carbonyl (C=O) groups excluding carboxylic acids is 2. The fourth-order valence-corrected chi connectivity index (χ4v) is 3.27. The quantitative estimate of drug-likeness (QED) is 0.592. The summed E-state index contributed by atoms with van der Waals surface area (Å²) in [6, 6.07) is 17.1. The molecular weight excluding hydrogens is 376 g/mol. The largest absolute Gasteiger partial charge is 0.497 e. The Labute approximate surface area is 167 Å². The summed E-state index contributed by atoms with van der Waals surface area (Å²) in [5.41, 5.74) is 2.55. The van der Waals surface area contributed by atoms with Gasteiger partial charge in [0.15, 0.2) is 6.61 Å². The Bertz CT molecular complexity index is 923. The van der Waals surface area contributed by atoms with Crippen molar-refractivity contribution in [1.82, 2.24) is 10.3 Å². The van der Waals surface area contributed by atoms with Crippen LogP contribution in [0.4, 0.5) is 0 Å². The van der Waals surface area contributed by atoms with Crippen LogP contribution >= 0.6 is 11.3 Å². The van der Waals surface area contributed by atoms with Crippen molar-refractivity contribution in [3.05, 3.63) is 71.2 Å². The molecule has 2 aromatic carbocycles. The third-order valence-electron chi connectivity index (χ3n) is 3.91. The molecule has 1 N–H and O–H groups in total. The van der Waals surface area contributed by atoms with E-state index in [-0.39, 0.29) is 18.9 Å². The van der Waals surface area contributed by atoms with Crippen molar-refractivity contribution in [1.29, 1.82) is 0 Å². The molecule has 0 bridgehead atoms. The minimum atomic E-state index is -0.485. The van der Waals surface area contributed by atoms with Gasteiger partial charge in [-0.3, -0.25) is 9.59 Å². The number of aromatic nitrogens is 1. The minimum absolute atomic E-state index is 0.0264. The van der Waals surface area contributed by atoms with Gasteiger partial charge < -0.3 is 14.8 Å². The zero-order valence-electron chi connectivity index (χ0n) is 15.4. The second-order valence-electron chi connectivity index (χ2n) is 5.97. The molecule has 0 spiro atoms. The first-order valence-corrected chi connectivity index (χ1v) is 9.57. The first-order valence-electron chi connectivity index (χ1n) is 8.69. The van der Waals surface area contributed by atoms with Crippen molar-refractivity contribution < 1.29 is 19.1 Å². The summed E-state index contributed by atoms with van der Waals surface area (Å²) in [6.07, 6.45) is 0.0264. The molecule has 0 aliphatic rings. The predicted octanol–water partition coefficient (Wildman–Crippen LogP) is 3.22. The zero-order valence-corrected chi connectivity index (χ0v) is 16.2. The molecule has 3 aromatic rings. The van der Waals surface area contributed by atoms with E-state index in [4.69, 9.17) is 9.47 Å². The third kappa shape index (κ3) is 5.65. The maximum Gasteiger partial charge on any atom is 0.312 e. The van der Waals surface area contributed by atoms with Gasteiger partial charge in [-0.1, -0.05) is 30.3 Å². The van der Waals surface area contributed by atoms with E-state index >= 15 is 0 Å². The molecule has 0 fully saturated rings. The van der Waals surface area contributed by atoms with Gasteiger partial charge in [-0.2, -0.15) is 0 Å². The van der Waals surface area contributed by atoms with Gasteiger partial charge >= 0.3 is 5.97 Å². The molecule has 0 aliphatic heterocycles. The lowest BCUT2D eigenvalue weighted by Crippen LogP contribution is -2.28. The van der Waals surface area contributed by atoms with Gasteiger partial charge in [0.1, 0.15) is 10.8 Å². The minimum Gasteiger partial charge on any atom is -0.497 e. The Morgan fingerprint density at radius 1 is 1.07 bits per heavy atom. The van der Waals surface area contributed by atoms with E-state index in [1.54, 1.807) is 7.11 Å². The molecule has 0 atom stereocenters. The van der Waals surface area contributed by atoms with Crippen LogP contribution in [0, 0.1) is 0 Å². The molecule has 7 heteroatoms. The normalized spacial score (nSPS) is 10.3. The summed E-state index contributed by atoms with van der Waals surface area (Å²) >= 11 is 1.45. The fraction of sp³-hybridized carbons (Fsp3) is 0.190. The van der Waals surface area contributed by atoms with E-state index in [1.807, 2.05) is 60.0 Å². The Hall–Kier alpha value is -3.19. The summed E-state index contributed by atoms with van der Waals surface area (Å²) in [5, 5.41) is 5.34. The van der Waals surface area contributed by atoms with Crippen molar-refractivity contribution >= 4 is 23.2 Å². The number of rotatable bonds is 8. The topological polar surface area (TPSA) is 77.5 Å². The Kier molecular flexibility index (Phi) is 6.75. The monoisotopic (exact) mass is 396 g/mol. The number of carbonyl (C=O) groups is 2. The number of nitrogens with zero attached hydrogens (tertiary/aromatic N) is 1. The van der Waals surface area contributed by atoms with Crippen molar-refractivity contribution in [3.63, 3.8) is 0 Å². The summed E-state index contributed by atoms with van der Waals surface area (Å²) in [5.74, 6) is -0.0505. The van der Waals surface area contributed by atoms with E-state index < -0.39 is 5.97 Å². The maximum absolute atomic E-state index is 12.0. The van der Waals surface area contributed by atoms with Crippen molar-refractivity contribution in [3.8, 4) is 16.3 Å². The highest BCUT2D eigenvalue weighted by atomic mass is 32.1. The predicted molar refractivity (Wildman–Crippen MR) is 107 cm³/mol. The van der Waals surface area contributed by atoms with Gasteiger partial charge in [-0.15, -0.1) is 11.3 Å². The Balaban J connectivity index is 1.44. The standard InChI is InChI=1S/C21H20N2O4S/c1-26-18-9-7-16(8-10-18)21-23-17(14-28-21)11-20(25)27-13-19(24)22-12-15-5-3-2-4-6-15/h2-10,14H,11-13H2,1H3,(H,22,24). The lowest BCUT2D eigenvalue weighted by Gasteiger charge is -2.06. The number of amides is 1. The van der Waals surface area contributed by atoms with Crippen molar-refractivity contribution in [2.75, 3.05) is 13.7 Å². The molecule has 0 aliphatic carbocycles. The number of nitrogens with one attached hydrogen (secondary N) is 1. The van der Waals surface area contributed by atoms with E-state index in [2.05, 4.69) is 10.3 Å². The lowest BCUT2D eigenvalue weighted by molar-refractivity contribution is -0.147. The van der Waals surface area contributed by atoms with Gasteiger partial charge in [0, 0.05) is 17.5 Å². The second kappa shape index (κ2) is 9.66. The fourth-order valence-electron chi connectivity index (χ4n) is 2.45. The molecular formula is C21H20N2O4S. The second-order valence-corrected chi connectivity index (χ2v) is 6.83. The molecule has 1 aromatic heterocycles. The molecule has 3 rings (SSSR count). The van der Waals surface area contributed by atoms with Crippen molar-refractivity contribution in [2.45, 2.75) is 13.0 Å². The van der Waals surface area contributed by atoms with Crippen LogP contribution in [0.15, 0.2) is 60.0 Å². The zero-order chi connectivity index (χ0) is 19.8. The van der Waals surface area contributed by atoms with E-state index in [9.17, 15) is 9.59 Å². The molecule has 1 heterocycles. The number of ether oxygens (including phenoxy) is 2. The molecule has 0 radical (unpaired) electrons. The average molecular weight is 396 g/mol. The summed E-state index contributed by atoms with van der Waals surface area (Å²) in [4.78, 5) is 28.2. The van der Waals surface area contributed by atoms with Gasteiger partial charge in [0.25, 0.3) is 5.91 Å². The van der Waals surface area contributed by atoms with E-state index in [0.717, 1.165) is 21.9 Å². The molecule has 1 amide bonds. The maximum atomic E-state index is 12.0. The number of hydrogen-bond acceptors (Lipinski definition) is 6. The molecule has 0 saturated carbocycles. The highest BCUT2D eigenvalue weighted by molar-refractivity contribution is 7.13. The van der Waals surface area contributed by atoms with E-state index in [0.29, 0.717) is 12.2 Å². The first-order chi connectivity index (χ1) is 13.6. The molecule has 28 heavy (non-hydrogen) atoms. The van der Waals surface area contributed by atoms with Crippen LogP contribution in [0.25, 0.3) is 10.6 Å². The van der Waals surface area contributed by atoms with Crippen LogP contribution in [0.3, 0.4) is 0 Å². The van der Waals surface area contributed by atoms with Crippen LogP contribution in [-0.2, 0) is 27.3 Å². The van der Waals surface area contributed by atoms with Gasteiger partial charge in [-0.25, -0.2) is 4.98 Å². The smallest absolute Gasteiger partial charge is 0.312 e. The van der Waals surface area contributed by atoms with Gasteiger partial charge in [0.2, 0.25) is 0 Å². The Morgan fingerprint density at radius 2 is 1.82 bits per heavy atom. The number of hydrogen-bond donors (Lipinski definition) is 1. The molecule has 0 unspecified atom stereocenters. The van der Waals surface area contributed by atoms with Crippen LogP contribution in [-0.4, -0.2) is 30.6 Å². The first kappa shape index (κ1) is 19.6. The highest BCUT2D eigenvalue weighted by Gasteiger charge is 2.12. The van der Waals surface area contributed by atoms with Crippen LogP contribution < -0.4 is 10.1 Å². The third-order valence-corrected chi connectivity index (χ3v) is 4.85. The van der Waals surface area contributed by atoms with Crippen LogP contribution in [0.2, 0.25) is 0 Å². The highest BCUT2D eigenvalue weighted by Crippen LogP contribution is 2.25. The van der Waals surface area contributed by atoms with Gasteiger partial charge in [-0.05, 0) is 29.8 Å². The number of benzene rings is 2. The molecule has 144 valence electrons.